The van der Waals surface area contributed by atoms with Gasteiger partial charge in [-0.2, -0.15) is 4.98 Å². The molecule has 0 aliphatic rings. The first kappa shape index (κ1) is 12.2. The van der Waals surface area contributed by atoms with Gasteiger partial charge >= 0.3 is 0 Å². The van der Waals surface area contributed by atoms with Gasteiger partial charge in [-0.25, -0.2) is 4.39 Å². The topological polar surface area (TPSA) is 85.2 Å². The number of aromatic nitrogens is 2. The first-order chi connectivity index (χ1) is 8.11. The van der Waals surface area contributed by atoms with Crippen molar-refractivity contribution in [3.05, 3.63) is 34.3 Å². The Morgan fingerprint density at radius 1 is 1.53 bits per heavy atom. The van der Waals surface area contributed by atoms with Crippen LogP contribution in [0, 0.1) is 5.82 Å². The smallest absolute Gasteiger partial charge is 0.258 e. The van der Waals surface area contributed by atoms with E-state index in [1.165, 1.54) is 6.07 Å². The van der Waals surface area contributed by atoms with E-state index in [9.17, 15) is 4.39 Å². The Morgan fingerprint density at radius 2 is 2.29 bits per heavy atom. The van der Waals surface area contributed by atoms with Crippen molar-refractivity contribution in [1.29, 1.82) is 0 Å². The zero-order valence-electron chi connectivity index (χ0n) is 8.60. The molecule has 0 radical (unpaired) electrons. The quantitative estimate of drug-likeness (QED) is 0.900. The van der Waals surface area contributed by atoms with Gasteiger partial charge in [0, 0.05) is 5.56 Å². The summed E-state index contributed by atoms with van der Waals surface area (Å²) in [5.41, 5.74) is 5.98. The molecule has 0 saturated heterocycles. The number of aliphatic hydroxyl groups excluding tert-OH is 1. The van der Waals surface area contributed by atoms with Crippen molar-refractivity contribution in [2.75, 3.05) is 6.61 Å². The Labute approximate surface area is 105 Å². The highest BCUT2D eigenvalue weighted by molar-refractivity contribution is 9.10. The van der Waals surface area contributed by atoms with E-state index in [1.54, 1.807) is 12.1 Å². The lowest BCUT2D eigenvalue weighted by molar-refractivity contribution is 0.260. The van der Waals surface area contributed by atoms with E-state index in [4.69, 9.17) is 15.4 Å². The van der Waals surface area contributed by atoms with Gasteiger partial charge in [0.1, 0.15) is 5.82 Å². The normalized spacial score (nSPS) is 12.7. The van der Waals surface area contributed by atoms with Crippen molar-refractivity contribution >= 4 is 15.9 Å². The third-order valence-corrected chi connectivity index (χ3v) is 2.78. The molecule has 1 aromatic carbocycles. The molecule has 0 saturated carbocycles. The highest BCUT2D eigenvalue weighted by Crippen LogP contribution is 2.23. The van der Waals surface area contributed by atoms with Crippen molar-refractivity contribution in [3.8, 4) is 11.5 Å². The van der Waals surface area contributed by atoms with Crippen LogP contribution in [0.15, 0.2) is 27.2 Å². The molecule has 1 unspecified atom stereocenters. The van der Waals surface area contributed by atoms with Crippen LogP contribution in [0.25, 0.3) is 11.5 Å². The van der Waals surface area contributed by atoms with Gasteiger partial charge in [-0.1, -0.05) is 5.16 Å². The highest BCUT2D eigenvalue weighted by Gasteiger charge is 2.15. The van der Waals surface area contributed by atoms with Gasteiger partial charge in [0.05, 0.1) is 17.1 Å². The minimum Gasteiger partial charge on any atom is -0.394 e. The third-order valence-electron chi connectivity index (χ3n) is 2.14. The van der Waals surface area contributed by atoms with Crippen molar-refractivity contribution in [2.45, 2.75) is 6.04 Å². The average Bonchev–Trinajstić information content (AvgIpc) is 2.81. The monoisotopic (exact) mass is 301 g/mol. The summed E-state index contributed by atoms with van der Waals surface area (Å²) in [6.07, 6.45) is 0. The minimum atomic E-state index is -0.701. The average molecular weight is 302 g/mol. The second kappa shape index (κ2) is 4.91. The summed E-state index contributed by atoms with van der Waals surface area (Å²) < 4.78 is 18.6. The molecule has 3 N–H and O–H groups in total. The highest BCUT2D eigenvalue weighted by atomic mass is 79.9. The maximum absolute atomic E-state index is 13.3. The molecule has 0 aliphatic carbocycles. The number of benzene rings is 1. The number of aliphatic hydroxyl groups is 1. The first-order valence-electron chi connectivity index (χ1n) is 4.77. The summed E-state index contributed by atoms with van der Waals surface area (Å²) in [4.78, 5) is 3.98. The largest absolute Gasteiger partial charge is 0.394 e. The summed E-state index contributed by atoms with van der Waals surface area (Å²) in [5.74, 6) is -0.0742. The first-order valence-corrected chi connectivity index (χ1v) is 5.56. The molecule has 2 aromatic rings. The van der Waals surface area contributed by atoms with Gasteiger partial charge in [0.25, 0.3) is 5.89 Å². The minimum absolute atomic E-state index is 0.162. The standard InChI is InChI=1S/C10H9BrFN3O2/c11-6-2-1-5(3-7(6)12)10-14-9(15-17-10)8(13)4-16/h1-3,8,16H,4,13H2. The molecule has 90 valence electrons. The predicted molar refractivity (Wildman–Crippen MR) is 61.4 cm³/mol. The maximum Gasteiger partial charge on any atom is 0.258 e. The fourth-order valence-electron chi connectivity index (χ4n) is 1.21. The van der Waals surface area contributed by atoms with Gasteiger partial charge in [-0.3, -0.25) is 0 Å². The van der Waals surface area contributed by atoms with Crippen molar-refractivity contribution < 1.29 is 14.0 Å². The Morgan fingerprint density at radius 3 is 2.94 bits per heavy atom. The molecule has 0 amide bonds. The number of hydrogen-bond acceptors (Lipinski definition) is 5. The van der Waals surface area contributed by atoms with Crippen LogP contribution in [0.3, 0.4) is 0 Å². The molecule has 0 aliphatic heterocycles. The SMILES string of the molecule is NC(CO)c1noc(-c2ccc(Br)c(F)c2)n1. The number of rotatable bonds is 3. The van der Waals surface area contributed by atoms with Crippen LogP contribution in [-0.4, -0.2) is 21.9 Å². The summed E-state index contributed by atoms with van der Waals surface area (Å²) >= 11 is 3.05. The fourth-order valence-corrected chi connectivity index (χ4v) is 1.46. The van der Waals surface area contributed by atoms with Crippen LogP contribution in [0.1, 0.15) is 11.9 Å². The van der Waals surface area contributed by atoms with Gasteiger partial charge < -0.3 is 15.4 Å². The summed E-state index contributed by atoms with van der Waals surface area (Å²) in [5, 5.41) is 12.4. The molecule has 17 heavy (non-hydrogen) atoms. The molecule has 0 fully saturated rings. The Balaban J connectivity index is 2.33. The third kappa shape index (κ3) is 2.51. The van der Waals surface area contributed by atoms with E-state index < -0.39 is 11.9 Å². The van der Waals surface area contributed by atoms with Crippen LogP contribution in [0.2, 0.25) is 0 Å². The van der Waals surface area contributed by atoms with Crippen LogP contribution in [0.5, 0.6) is 0 Å². The molecule has 7 heteroatoms. The maximum atomic E-state index is 13.3. The number of hydrogen-bond donors (Lipinski definition) is 2. The van der Waals surface area contributed by atoms with Crippen molar-refractivity contribution in [2.24, 2.45) is 5.73 Å². The molecule has 0 bridgehead atoms. The van der Waals surface area contributed by atoms with E-state index in [1.807, 2.05) is 0 Å². The lowest BCUT2D eigenvalue weighted by Gasteiger charge is -1.99. The van der Waals surface area contributed by atoms with Crippen LogP contribution >= 0.6 is 15.9 Å². The van der Waals surface area contributed by atoms with E-state index in [0.29, 0.717) is 10.0 Å². The predicted octanol–water partition coefficient (Wildman–Crippen LogP) is 1.63. The lowest BCUT2D eigenvalue weighted by Crippen LogP contribution is -2.15. The Hall–Kier alpha value is -1.31. The van der Waals surface area contributed by atoms with E-state index in [-0.39, 0.29) is 18.3 Å². The molecule has 5 nitrogen and oxygen atoms in total. The second-order valence-electron chi connectivity index (χ2n) is 3.38. The Kier molecular flexibility index (Phi) is 3.51. The van der Waals surface area contributed by atoms with Gasteiger partial charge in [-0.15, -0.1) is 0 Å². The Bertz CT molecular complexity index is 532. The summed E-state index contributed by atoms with van der Waals surface area (Å²) in [6.45, 7) is -0.284. The van der Waals surface area contributed by atoms with E-state index in [2.05, 4.69) is 26.1 Å². The fraction of sp³-hybridized carbons (Fsp3) is 0.200. The van der Waals surface area contributed by atoms with E-state index >= 15 is 0 Å². The second-order valence-corrected chi connectivity index (χ2v) is 4.23. The van der Waals surface area contributed by atoms with Crippen molar-refractivity contribution in [3.63, 3.8) is 0 Å². The molecular weight excluding hydrogens is 293 g/mol. The zero-order chi connectivity index (χ0) is 12.4. The summed E-state index contributed by atoms with van der Waals surface area (Å²) in [7, 11) is 0. The van der Waals surface area contributed by atoms with Crippen LogP contribution in [-0.2, 0) is 0 Å². The van der Waals surface area contributed by atoms with Gasteiger partial charge in [0.2, 0.25) is 0 Å². The van der Waals surface area contributed by atoms with Crippen LogP contribution in [0.4, 0.5) is 4.39 Å². The number of nitrogens with zero attached hydrogens (tertiary/aromatic N) is 2. The van der Waals surface area contributed by atoms with Crippen LogP contribution < -0.4 is 5.73 Å². The molecule has 1 aromatic heterocycles. The molecule has 1 heterocycles. The molecular formula is C10H9BrFN3O2. The number of nitrogens with two attached hydrogens (primary N) is 1. The van der Waals surface area contributed by atoms with Crippen molar-refractivity contribution in [1.82, 2.24) is 10.1 Å². The van der Waals surface area contributed by atoms with E-state index in [0.717, 1.165) is 0 Å². The molecule has 0 spiro atoms. The number of halogens is 2. The summed E-state index contributed by atoms with van der Waals surface area (Å²) in [6, 6.07) is 3.74. The molecule has 1 atom stereocenters. The van der Waals surface area contributed by atoms with Gasteiger partial charge in [0.15, 0.2) is 5.82 Å². The lowest BCUT2D eigenvalue weighted by atomic mass is 10.2. The zero-order valence-corrected chi connectivity index (χ0v) is 10.2. The molecule has 2 rings (SSSR count). The van der Waals surface area contributed by atoms with Gasteiger partial charge in [-0.05, 0) is 34.1 Å².